The summed E-state index contributed by atoms with van der Waals surface area (Å²) >= 11 is 1.67. The highest BCUT2D eigenvalue weighted by Crippen LogP contribution is 2.71. The van der Waals surface area contributed by atoms with E-state index in [1.807, 2.05) is 13.8 Å². The molecule has 0 aliphatic carbocycles. The van der Waals surface area contributed by atoms with Gasteiger partial charge in [-0.3, -0.25) is 14.4 Å². The lowest BCUT2D eigenvalue weighted by Gasteiger charge is -2.38. The molecule has 3 rings (SSSR count). The zero-order chi connectivity index (χ0) is 23.4. The van der Waals surface area contributed by atoms with Crippen LogP contribution in [0.4, 0.5) is 0 Å². The molecule has 2 unspecified atom stereocenters. The molecule has 31 heavy (non-hydrogen) atoms. The van der Waals surface area contributed by atoms with Gasteiger partial charge in [-0.15, -0.1) is 11.8 Å². The number of nitrogens with one attached hydrogen (secondary N) is 2. The topological polar surface area (TPSA) is 98.7 Å². The van der Waals surface area contributed by atoms with Crippen LogP contribution in [0.15, 0.2) is 0 Å². The van der Waals surface area contributed by atoms with Crippen molar-refractivity contribution >= 4 is 29.5 Å². The van der Waals surface area contributed by atoms with Crippen LogP contribution in [0, 0.1) is 17.3 Å². The minimum Gasteiger partial charge on any atom is -0.396 e. The summed E-state index contributed by atoms with van der Waals surface area (Å²) in [7, 11) is 1.61. The molecule has 7 nitrogen and oxygen atoms in total. The lowest BCUT2D eigenvalue weighted by molar-refractivity contribution is -0.141. The summed E-state index contributed by atoms with van der Waals surface area (Å²) in [5.74, 6) is -1.33. The number of hydrogen-bond acceptors (Lipinski definition) is 5. The zero-order valence-corrected chi connectivity index (χ0v) is 20.8. The van der Waals surface area contributed by atoms with Crippen molar-refractivity contribution in [2.45, 2.75) is 88.3 Å². The van der Waals surface area contributed by atoms with Crippen LogP contribution in [0.3, 0.4) is 0 Å². The van der Waals surface area contributed by atoms with Gasteiger partial charge >= 0.3 is 0 Å². The summed E-state index contributed by atoms with van der Waals surface area (Å²) in [6, 6.07) is -0.628. The Hall–Kier alpha value is -1.28. The zero-order valence-electron chi connectivity index (χ0n) is 20.0. The number of carbonyl (C=O) groups is 3. The Bertz CT molecular complexity index is 764. The molecule has 0 saturated carbocycles. The molecule has 8 heteroatoms. The van der Waals surface area contributed by atoms with E-state index in [9.17, 15) is 19.5 Å². The quantitative estimate of drug-likeness (QED) is 0.547. The summed E-state index contributed by atoms with van der Waals surface area (Å²) in [5.41, 5.74) is -0.390. The Morgan fingerprint density at radius 3 is 2.39 bits per heavy atom. The lowest BCUT2D eigenvalue weighted by Crippen LogP contribution is -2.58. The first kappa shape index (κ1) is 24.4. The van der Waals surface area contributed by atoms with Crippen LogP contribution in [0.2, 0.25) is 0 Å². The van der Waals surface area contributed by atoms with Crippen LogP contribution in [-0.4, -0.2) is 69.0 Å². The third kappa shape index (κ3) is 4.10. The third-order valence-electron chi connectivity index (χ3n) is 7.04. The molecule has 3 aliphatic heterocycles. The molecule has 2 bridgehead atoms. The monoisotopic (exact) mass is 453 g/mol. The van der Waals surface area contributed by atoms with Crippen LogP contribution in [0.25, 0.3) is 0 Å². The number of fused-ring (bicyclic) bond motifs is 1. The van der Waals surface area contributed by atoms with Crippen molar-refractivity contribution < 1.29 is 19.5 Å². The van der Waals surface area contributed by atoms with E-state index in [-0.39, 0.29) is 34.5 Å². The van der Waals surface area contributed by atoms with Crippen molar-refractivity contribution in [3.05, 3.63) is 0 Å². The molecule has 0 aromatic heterocycles. The van der Waals surface area contributed by atoms with Crippen molar-refractivity contribution in [1.82, 2.24) is 15.5 Å². The molecular formula is C23H39N3O4S. The van der Waals surface area contributed by atoms with E-state index in [0.717, 1.165) is 19.3 Å². The summed E-state index contributed by atoms with van der Waals surface area (Å²) < 4.78 is -0.941. The average molecular weight is 454 g/mol. The summed E-state index contributed by atoms with van der Waals surface area (Å²) in [5, 5.41) is 15.4. The molecule has 5 atom stereocenters. The Morgan fingerprint density at radius 1 is 1.19 bits per heavy atom. The number of aliphatic hydroxyl groups is 1. The fourth-order valence-corrected chi connectivity index (χ4v) is 8.89. The highest BCUT2D eigenvalue weighted by atomic mass is 32.2. The van der Waals surface area contributed by atoms with E-state index < -0.39 is 28.2 Å². The van der Waals surface area contributed by atoms with E-state index in [4.69, 9.17) is 0 Å². The van der Waals surface area contributed by atoms with Gasteiger partial charge in [0, 0.05) is 30.5 Å². The Labute approximate surface area is 190 Å². The number of carbonyl (C=O) groups excluding carboxylic acids is 3. The second-order valence-electron chi connectivity index (χ2n) is 11.6. The van der Waals surface area contributed by atoms with E-state index in [1.165, 1.54) is 0 Å². The highest BCUT2D eigenvalue weighted by Gasteiger charge is 2.77. The Morgan fingerprint density at radius 2 is 1.84 bits per heavy atom. The predicted octanol–water partition coefficient (Wildman–Crippen LogP) is 1.93. The number of thioether (sulfide) groups is 1. The van der Waals surface area contributed by atoms with E-state index in [0.29, 0.717) is 13.0 Å². The SMILES string of the molecule is CNC(=O)[C@@H]1[C@H]2C(=O)N(CCCO)C(C(=O)NC(C)(C)CC(C)(C)C)C23CC[C@@]1(C)S3. The van der Waals surface area contributed by atoms with Crippen LogP contribution < -0.4 is 10.6 Å². The first-order valence-electron chi connectivity index (χ1n) is 11.4. The fraction of sp³-hybridized carbons (Fsp3) is 0.870. The molecule has 3 fully saturated rings. The van der Waals surface area contributed by atoms with E-state index in [1.54, 1.807) is 23.7 Å². The van der Waals surface area contributed by atoms with Gasteiger partial charge in [0.05, 0.1) is 16.6 Å². The fourth-order valence-electron chi connectivity index (χ4n) is 6.54. The average Bonchev–Trinajstić information content (AvgIpc) is 3.17. The molecule has 3 amide bonds. The van der Waals surface area contributed by atoms with Crippen LogP contribution in [-0.2, 0) is 14.4 Å². The summed E-state index contributed by atoms with van der Waals surface area (Å²) in [6.45, 7) is 12.8. The van der Waals surface area contributed by atoms with Crippen molar-refractivity contribution in [2.24, 2.45) is 17.3 Å². The third-order valence-corrected chi connectivity index (χ3v) is 9.03. The summed E-state index contributed by atoms with van der Waals surface area (Å²) in [4.78, 5) is 41.9. The van der Waals surface area contributed by atoms with E-state index in [2.05, 4.69) is 38.3 Å². The van der Waals surface area contributed by atoms with Gasteiger partial charge in [0.2, 0.25) is 17.7 Å². The van der Waals surface area contributed by atoms with Crippen molar-refractivity contribution in [3.8, 4) is 0 Å². The molecule has 176 valence electrons. The first-order valence-corrected chi connectivity index (χ1v) is 12.2. The van der Waals surface area contributed by atoms with Gasteiger partial charge in [-0.25, -0.2) is 0 Å². The lowest BCUT2D eigenvalue weighted by atomic mass is 9.66. The van der Waals surface area contributed by atoms with Gasteiger partial charge in [-0.1, -0.05) is 20.8 Å². The molecule has 1 spiro atoms. The van der Waals surface area contributed by atoms with Gasteiger partial charge in [0.1, 0.15) is 6.04 Å². The van der Waals surface area contributed by atoms with Crippen LogP contribution >= 0.6 is 11.8 Å². The van der Waals surface area contributed by atoms with Gasteiger partial charge in [-0.05, 0) is 51.9 Å². The maximum atomic E-state index is 13.8. The Balaban J connectivity index is 1.98. The van der Waals surface area contributed by atoms with Crippen molar-refractivity contribution in [1.29, 1.82) is 0 Å². The molecule has 3 aliphatic rings. The van der Waals surface area contributed by atoms with Crippen LogP contribution in [0.5, 0.6) is 0 Å². The first-order chi connectivity index (χ1) is 14.2. The largest absolute Gasteiger partial charge is 0.396 e. The minimum atomic E-state index is -0.628. The molecule has 3 heterocycles. The number of rotatable bonds is 7. The number of amides is 3. The maximum Gasteiger partial charge on any atom is 0.244 e. The molecular weight excluding hydrogens is 414 g/mol. The standard InChI is InChI=1S/C23H39N3O4S/c1-20(2,3)13-21(4,5)25-18(29)16-23-10-9-22(6,31-23)14(17(28)24-7)15(23)19(30)26(16)11-8-12-27/h14-16,27H,8-13H2,1-7H3,(H,24,28)(H,25,29)/t14-,15-,16?,22+,23?/m0/s1. The number of likely N-dealkylation sites (tertiary alicyclic amines) is 1. The van der Waals surface area contributed by atoms with Crippen LogP contribution in [0.1, 0.15) is 67.2 Å². The molecule has 0 aromatic carbocycles. The molecule has 0 aromatic rings. The second-order valence-corrected chi connectivity index (χ2v) is 13.5. The highest BCUT2D eigenvalue weighted by molar-refractivity contribution is 8.02. The molecule has 3 saturated heterocycles. The number of hydrogen-bond donors (Lipinski definition) is 3. The van der Waals surface area contributed by atoms with Gasteiger partial charge in [0.15, 0.2) is 0 Å². The second kappa shape index (κ2) is 7.94. The normalized spacial score (nSPS) is 34.8. The van der Waals surface area contributed by atoms with Gasteiger partial charge < -0.3 is 20.6 Å². The molecule has 3 N–H and O–H groups in total. The maximum absolute atomic E-state index is 13.8. The predicted molar refractivity (Wildman–Crippen MR) is 123 cm³/mol. The van der Waals surface area contributed by atoms with Gasteiger partial charge in [-0.2, -0.15) is 0 Å². The smallest absolute Gasteiger partial charge is 0.244 e. The Kier molecular flexibility index (Phi) is 6.24. The number of aliphatic hydroxyl groups excluding tert-OH is 1. The summed E-state index contributed by atoms with van der Waals surface area (Å²) in [6.07, 6.45) is 2.76. The van der Waals surface area contributed by atoms with Gasteiger partial charge in [0.25, 0.3) is 0 Å². The molecule has 0 radical (unpaired) electrons. The minimum absolute atomic E-state index is 0.0397. The number of nitrogens with zero attached hydrogens (tertiary/aromatic N) is 1. The van der Waals surface area contributed by atoms with Crippen molar-refractivity contribution in [2.75, 3.05) is 20.2 Å². The van der Waals surface area contributed by atoms with Crippen molar-refractivity contribution in [3.63, 3.8) is 0 Å². The van der Waals surface area contributed by atoms with E-state index >= 15 is 0 Å².